The number of nitrogens with one attached hydrogen (secondary N) is 1. The maximum Gasteiger partial charge on any atom is 0.254 e. The minimum Gasteiger partial charge on any atom is -0.333 e. The fourth-order valence-corrected chi connectivity index (χ4v) is 2.21. The van der Waals surface area contributed by atoms with Crippen LogP contribution in [0.3, 0.4) is 0 Å². The second kappa shape index (κ2) is 5.07. The summed E-state index contributed by atoms with van der Waals surface area (Å²) in [4.78, 5) is 14.3. The molecule has 1 aromatic rings. The lowest BCUT2D eigenvalue weighted by Crippen LogP contribution is -2.58. The van der Waals surface area contributed by atoms with Crippen molar-refractivity contribution in [1.82, 2.24) is 10.2 Å². The van der Waals surface area contributed by atoms with E-state index >= 15 is 0 Å². The van der Waals surface area contributed by atoms with Gasteiger partial charge in [0.05, 0.1) is 6.04 Å². The van der Waals surface area contributed by atoms with Gasteiger partial charge >= 0.3 is 0 Å². The highest BCUT2D eigenvalue weighted by Crippen LogP contribution is 2.19. The van der Waals surface area contributed by atoms with Gasteiger partial charge in [0.25, 0.3) is 5.91 Å². The van der Waals surface area contributed by atoms with E-state index in [9.17, 15) is 4.79 Å². The summed E-state index contributed by atoms with van der Waals surface area (Å²) >= 11 is 5.95. The number of aryl methyl sites for hydroxylation is 1. The molecule has 1 saturated heterocycles. The van der Waals surface area contributed by atoms with Crippen molar-refractivity contribution in [1.29, 1.82) is 0 Å². The van der Waals surface area contributed by atoms with Crippen LogP contribution >= 0.6 is 11.6 Å². The molecule has 4 heteroatoms. The highest BCUT2D eigenvalue weighted by atomic mass is 35.5. The Kier molecular flexibility index (Phi) is 3.69. The van der Waals surface area contributed by atoms with E-state index in [1.54, 1.807) is 6.07 Å². The van der Waals surface area contributed by atoms with Crippen LogP contribution in [0.25, 0.3) is 0 Å². The Morgan fingerprint density at radius 1 is 1.53 bits per heavy atom. The zero-order valence-corrected chi connectivity index (χ0v) is 10.9. The Labute approximate surface area is 107 Å². The van der Waals surface area contributed by atoms with Gasteiger partial charge in [-0.05, 0) is 31.5 Å². The number of halogens is 1. The van der Waals surface area contributed by atoms with Crippen LogP contribution in [-0.4, -0.2) is 36.5 Å². The van der Waals surface area contributed by atoms with Gasteiger partial charge in [0.15, 0.2) is 0 Å². The topological polar surface area (TPSA) is 32.3 Å². The van der Waals surface area contributed by atoms with Gasteiger partial charge in [0.2, 0.25) is 0 Å². The monoisotopic (exact) mass is 252 g/mol. The molecule has 0 aromatic heterocycles. The maximum atomic E-state index is 12.4. The van der Waals surface area contributed by atoms with E-state index in [-0.39, 0.29) is 5.91 Å². The predicted octanol–water partition coefficient (Wildman–Crippen LogP) is 2.08. The Morgan fingerprint density at radius 2 is 2.24 bits per heavy atom. The van der Waals surface area contributed by atoms with E-state index in [2.05, 4.69) is 5.32 Å². The summed E-state index contributed by atoms with van der Waals surface area (Å²) < 4.78 is 0. The molecule has 1 N–H and O–H groups in total. The molecule has 3 nitrogen and oxygen atoms in total. The number of rotatable bonds is 3. The Morgan fingerprint density at radius 3 is 2.76 bits per heavy atom. The van der Waals surface area contributed by atoms with Crippen molar-refractivity contribution in [2.24, 2.45) is 0 Å². The van der Waals surface area contributed by atoms with Gasteiger partial charge in [-0.1, -0.05) is 17.7 Å². The standard InChI is InChI=1S/C13H17ClN2O/c1-3-16(11-7-15-8-11)13(17)12-6-10(14)5-4-9(12)2/h4-6,11,15H,3,7-8H2,1-2H3. The summed E-state index contributed by atoms with van der Waals surface area (Å²) in [5.74, 6) is 0.0824. The molecular weight excluding hydrogens is 236 g/mol. The molecule has 0 atom stereocenters. The number of nitrogens with zero attached hydrogens (tertiary/aromatic N) is 1. The molecule has 0 radical (unpaired) electrons. The van der Waals surface area contributed by atoms with E-state index in [0.717, 1.165) is 25.2 Å². The first kappa shape index (κ1) is 12.4. The third kappa shape index (κ3) is 2.45. The smallest absolute Gasteiger partial charge is 0.254 e. The molecule has 1 fully saturated rings. The largest absolute Gasteiger partial charge is 0.333 e. The van der Waals surface area contributed by atoms with Crippen molar-refractivity contribution in [3.05, 3.63) is 34.3 Å². The third-order valence-corrected chi connectivity index (χ3v) is 3.47. The zero-order valence-electron chi connectivity index (χ0n) is 10.2. The van der Waals surface area contributed by atoms with Gasteiger partial charge in [-0.15, -0.1) is 0 Å². The minimum atomic E-state index is 0.0824. The van der Waals surface area contributed by atoms with Crippen LogP contribution in [0.5, 0.6) is 0 Å². The highest BCUT2D eigenvalue weighted by molar-refractivity contribution is 6.31. The molecule has 17 heavy (non-hydrogen) atoms. The Balaban J connectivity index is 2.25. The molecule has 0 spiro atoms. The number of hydrogen-bond acceptors (Lipinski definition) is 2. The lowest BCUT2D eigenvalue weighted by atomic mass is 10.0. The first-order valence-corrected chi connectivity index (χ1v) is 6.29. The quantitative estimate of drug-likeness (QED) is 0.894. The molecule has 1 amide bonds. The number of hydrogen-bond donors (Lipinski definition) is 1. The molecule has 0 unspecified atom stereocenters. The average Bonchev–Trinajstić information content (AvgIpc) is 2.25. The summed E-state index contributed by atoms with van der Waals surface area (Å²) in [6, 6.07) is 5.79. The molecule has 2 rings (SSSR count). The van der Waals surface area contributed by atoms with Crippen molar-refractivity contribution in [2.45, 2.75) is 19.9 Å². The summed E-state index contributed by atoms with van der Waals surface area (Å²) in [5, 5.41) is 3.80. The second-order valence-corrected chi connectivity index (χ2v) is 4.80. The fraction of sp³-hybridized carbons (Fsp3) is 0.462. The number of benzene rings is 1. The molecule has 0 bridgehead atoms. The normalized spacial score (nSPS) is 15.5. The van der Waals surface area contributed by atoms with E-state index in [1.165, 1.54) is 0 Å². The second-order valence-electron chi connectivity index (χ2n) is 4.36. The number of amides is 1. The van der Waals surface area contributed by atoms with Crippen molar-refractivity contribution in [2.75, 3.05) is 19.6 Å². The van der Waals surface area contributed by atoms with Crippen LogP contribution in [-0.2, 0) is 0 Å². The lowest BCUT2D eigenvalue weighted by Gasteiger charge is -2.37. The first-order valence-electron chi connectivity index (χ1n) is 5.91. The Hall–Kier alpha value is -1.06. The van der Waals surface area contributed by atoms with Gasteiger partial charge in [-0.2, -0.15) is 0 Å². The summed E-state index contributed by atoms with van der Waals surface area (Å²) in [6.45, 7) is 6.46. The molecule has 0 saturated carbocycles. The maximum absolute atomic E-state index is 12.4. The molecule has 1 heterocycles. The zero-order chi connectivity index (χ0) is 12.4. The third-order valence-electron chi connectivity index (χ3n) is 3.23. The lowest BCUT2D eigenvalue weighted by molar-refractivity contribution is 0.0629. The van der Waals surface area contributed by atoms with Gasteiger partial charge in [0, 0.05) is 30.2 Å². The van der Waals surface area contributed by atoms with Gasteiger partial charge in [0.1, 0.15) is 0 Å². The summed E-state index contributed by atoms with van der Waals surface area (Å²) in [6.07, 6.45) is 0. The van der Waals surface area contributed by atoms with E-state index in [4.69, 9.17) is 11.6 Å². The van der Waals surface area contributed by atoms with E-state index < -0.39 is 0 Å². The van der Waals surface area contributed by atoms with Crippen LogP contribution in [0, 0.1) is 6.92 Å². The van der Waals surface area contributed by atoms with Crippen molar-refractivity contribution in [3.63, 3.8) is 0 Å². The summed E-state index contributed by atoms with van der Waals surface area (Å²) in [5.41, 5.74) is 1.69. The molecule has 1 aliphatic rings. The molecular formula is C13H17ClN2O. The predicted molar refractivity (Wildman–Crippen MR) is 69.6 cm³/mol. The van der Waals surface area contributed by atoms with E-state index in [0.29, 0.717) is 16.6 Å². The van der Waals surface area contributed by atoms with Crippen molar-refractivity contribution >= 4 is 17.5 Å². The van der Waals surface area contributed by atoms with Crippen LogP contribution in [0.4, 0.5) is 0 Å². The van der Waals surface area contributed by atoms with Crippen LogP contribution in [0.15, 0.2) is 18.2 Å². The van der Waals surface area contributed by atoms with E-state index in [1.807, 2.05) is 30.9 Å². The SMILES string of the molecule is CCN(C(=O)c1cc(Cl)ccc1C)C1CNC1. The molecule has 0 aliphatic carbocycles. The minimum absolute atomic E-state index is 0.0824. The van der Waals surface area contributed by atoms with Crippen LogP contribution in [0.2, 0.25) is 5.02 Å². The number of carbonyl (C=O) groups excluding carboxylic acids is 1. The van der Waals surface area contributed by atoms with Gasteiger partial charge in [-0.3, -0.25) is 4.79 Å². The Bertz CT molecular complexity index is 429. The summed E-state index contributed by atoms with van der Waals surface area (Å²) in [7, 11) is 0. The van der Waals surface area contributed by atoms with Crippen molar-refractivity contribution < 1.29 is 4.79 Å². The molecule has 1 aromatic carbocycles. The highest BCUT2D eigenvalue weighted by Gasteiger charge is 2.28. The number of likely N-dealkylation sites (N-methyl/N-ethyl adjacent to an activating group) is 1. The number of carbonyl (C=O) groups is 1. The average molecular weight is 253 g/mol. The van der Waals surface area contributed by atoms with Gasteiger partial charge in [-0.25, -0.2) is 0 Å². The van der Waals surface area contributed by atoms with Crippen LogP contribution in [0.1, 0.15) is 22.8 Å². The van der Waals surface area contributed by atoms with Crippen molar-refractivity contribution in [3.8, 4) is 0 Å². The van der Waals surface area contributed by atoms with Gasteiger partial charge < -0.3 is 10.2 Å². The first-order chi connectivity index (χ1) is 8.13. The molecule has 1 aliphatic heterocycles. The van der Waals surface area contributed by atoms with Crippen LogP contribution < -0.4 is 5.32 Å². The fourth-order valence-electron chi connectivity index (χ4n) is 2.04. The molecule has 92 valence electrons.